The fourth-order valence-electron chi connectivity index (χ4n) is 3.72. The van der Waals surface area contributed by atoms with E-state index in [0.717, 1.165) is 16.9 Å². The van der Waals surface area contributed by atoms with Gasteiger partial charge in [0.15, 0.2) is 0 Å². The third-order valence-corrected chi connectivity index (χ3v) is 5.43. The molecule has 8 heteroatoms. The topological polar surface area (TPSA) is 74.6 Å². The van der Waals surface area contributed by atoms with Gasteiger partial charge in [-0.3, -0.25) is 4.79 Å². The maximum Gasteiger partial charge on any atom is 0.276 e. The zero-order valence-electron chi connectivity index (χ0n) is 19.0. The molecule has 172 valence electrons. The number of nitrogens with zero attached hydrogens (tertiary/aromatic N) is 4. The molecule has 0 amide bonds. The van der Waals surface area contributed by atoms with Crippen molar-refractivity contribution in [3.05, 3.63) is 94.6 Å². The summed E-state index contributed by atoms with van der Waals surface area (Å²) in [6, 6.07) is 15.3. The molecule has 34 heavy (non-hydrogen) atoms. The van der Waals surface area contributed by atoms with Gasteiger partial charge in [0.25, 0.3) is 5.56 Å². The molecule has 0 saturated carbocycles. The number of oxazole rings is 1. The third kappa shape index (κ3) is 4.22. The number of aromatic nitrogens is 4. The molecular formula is C26H23FN4O3. The molecule has 7 nitrogen and oxygen atoms in total. The summed E-state index contributed by atoms with van der Waals surface area (Å²) >= 11 is 0. The molecule has 0 bridgehead atoms. The lowest BCUT2D eigenvalue weighted by Crippen LogP contribution is -2.22. The van der Waals surface area contributed by atoms with Gasteiger partial charge in [-0.1, -0.05) is 0 Å². The van der Waals surface area contributed by atoms with Gasteiger partial charge in [-0.25, -0.2) is 13.9 Å². The molecule has 5 aromatic rings. The van der Waals surface area contributed by atoms with E-state index >= 15 is 0 Å². The number of ether oxygens (including phenoxy) is 1. The van der Waals surface area contributed by atoms with Gasteiger partial charge in [0, 0.05) is 23.5 Å². The van der Waals surface area contributed by atoms with E-state index in [1.807, 2.05) is 45.0 Å². The molecule has 0 unspecified atom stereocenters. The first-order chi connectivity index (χ1) is 16.4. The Morgan fingerprint density at radius 1 is 1.03 bits per heavy atom. The SMILES string of the molecule is Cc1oc(-c2ccc(OC(C)C)cc2)nc1Cn1ccn2nc(-c3ccc(F)cc3)cc2c1=O. The number of fused-ring (bicyclic) bond motifs is 1. The van der Waals surface area contributed by atoms with Crippen LogP contribution in [0, 0.1) is 12.7 Å². The van der Waals surface area contributed by atoms with Crippen LogP contribution in [0.4, 0.5) is 4.39 Å². The van der Waals surface area contributed by atoms with Crippen LogP contribution >= 0.6 is 0 Å². The monoisotopic (exact) mass is 458 g/mol. The molecule has 3 heterocycles. The summed E-state index contributed by atoms with van der Waals surface area (Å²) in [4.78, 5) is 17.7. The summed E-state index contributed by atoms with van der Waals surface area (Å²) in [5, 5.41) is 4.44. The van der Waals surface area contributed by atoms with Crippen molar-refractivity contribution in [2.24, 2.45) is 0 Å². The molecule has 0 aliphatic carbocycles. The van der Waals surface area contributed by atoms with Crippen LogP contribution in [-0.4, -0.2) is 25.3 Å². The Kier molecular flexibility index (Phi) is 5.49. The first kappa shape index (κ1) is 21.6. The highest BCUT2D eigenvalue weighted by molar-refractivity contribution is 5.65. The first-order valence-corrected chi connectivity index (χ1v) is 11.0. The average Bonchev–Trinajstić information content (AvgIpc) is 3.41. The highest BCUT2D eigenvalue weighted by atomic mass is 19.1. The summed E-state index contributed by atoms with van der Waals surface area (Å²) in [6.45, 7) is 6.04. The van der Waals surface area contributed by atoms with Gasteiger partial charge in [-0.2, -0.15) is 5.10 Å². The summed E-state index contributed by atoms with van der Waals surface area (Å²) < 4.78 is 27.9. The molecule has 5 rings (SSSR count). The summed E-state index contributed by atoms with van der Waals surface area (Å²) in [6.07, 6.45) is 3.48. The lowest BCUT2D eigenvalue weighted by Gasteiger charge is -2.09. The molecule has 3 aromatic heterocycles. The minimum absolute atomic E-state index is 0.0969. The highest BCUT2D eigenvalue weighted by Gasteiger charge is 2.15. The van der Waals surface area contributed by atoms with Crippen LogP contribution in [-0.2, 0) is 6.54 Å². The number of halogens is 1. The van der Waals surface area contributed by atoms with Crippen LogP contribution in [0.2, 0.25) is 0 Å². The van der Waals surface area contributed by atoms with E-state index in [-0.39, 0.29) is 24.0 Å². The zero-order valence-corrected chi connectivity index (χ0v) is 19.0. The molecular weight excluding hydrogens is 435 g/mol. The van der Waals surface area contributed by atoms with Gasteiger partial charge in [-0.05, 0) is 75.4 Å². The average molecular weight is 458 g/mol. The molecule has 2 aromatic carbocycles. The molecule has 0 N–H and O–H groups in total. The molecule has 0 aliphatic heterocycles. The minimum atomic E-state index is -0.322. The Labute approximate surface area is 195 Å². The van der Waals surface area contributed by atoms with Crippen LogP contribution in [0.1, 0.15) is 25.3 Å². The van der Waals surface area contributed by atoms with Gasteiger partial charge in [0.2, 0.25) is 5.89 Å². The van der Waals surface area contributed by atoms with Gasteiger partial charge in [-0.15, -0.1) is 0 Å². The van der Waals surface area contributed by atoms with E-state index in [0.29, 0.717) is 28.6 Å². The van der Waals surface area contributed by atoms with Crippen molar-refractivity contribution in [1.82, 2.24) is 19.2 Å². The van der Waals surface area contributed by atoms with Crippen LogP contribution in [0.3, 0.4) is 0 Å². The second-order valence-corrected chi connectivity index (χ2v) is 8.31. The Balaban J connectivity index is 1.42. The predicted molar refractivity (Wildman–Crippen MR) is 126 cm³/mol. The van der Waals surface area contributed by atoms with E-state index < -0.39 is 0 Å². The fraction of sp³-hybridized carbons (Fsp3) is 0.192. The van der Waals surface area contributed by atoms with Crippen LogP contribution in [0.25, 0.3) is 28.2 Å². The van der Waals surface area contributed by atoms with Crippen molar-refractivity contribution in [3.8, 4) is 28.5 Å². The Morgan fingerprint density at radius 2 is 1.74 bits per heavy atom. The molecule has 0 atom stereocenters. The van der Waals surface area contributed by atoms with Crippen molar-refractivity contribution < 1.29 is 13.5 Å². The van der Waals surface area contributed by atoms with Gasteiger partial charge < -0.3 is 13.7 Å². The Hall–Kier alpha value is -4.20. The van der Waals surface area contributed by atoms with E-state index in [1.165, 1.54) is 16.6 Å². The predicted octanol–water partition coefficient (Wildman–Crippen LogP) is 5.10. The summed E-state index contributed by atoms with van der Waals surface area (Å²) in [5.74, 6) is 1.59. The van der Waals surface area contributed by atoms with E-state index in [2.05, 4.69) is 10.1 Å². The molecule has 0 fully saturated rings. The summed E-state index contributed by atoms with van der Waals surface area (Å²) in [5.41, 5.74) is 3.04. The van der Waals surface area contributed by atoms with Gasteiger partial charge >= 0.3 is 0 Å². The number of hydrogen-bond acceptors (Lipinski definition) is 5. The maximum absolute atomic E-state index is 13.2. The van der Waals surface area contributed by atoms with Gasteiger partial charge in [0.05, 0.1) is 18.3 Å². The van der Waals surface area contributed by atoms with Crippen LogP contribution in [0.15, 0.2) is 76.2 Å². The van der Waals surface area contributed by atoms with E-state index in [4.69, 9.17) is 9.15 Å². The minimum Gasteiger partial charge on any atom is -0.491 e. The van der Waals surface area contributed by atoms with Crippen molar-refractivity contribution in [2.45, 2.75) is 33.4 Å². The normalized spacial score (nSPS) is 11.4. The zero-order chi connectivity index (χ0) is 23.8. The number of rotatable bonds is 6. The lowest BCUT2D eigenvalue weighted by molar-refractivity contribution is 0.242. The Morgan fingerprint density at radius 3 is 2.44 bits per heavy atom. The molecule has 0 radical (unpaired) electrons. The number of benzene rings is 2. The number of aryl methyl sites for hydroxylation is 1. The van der Waals surface area contributed by atoms with Crippen LogP contribution < -0.4 is 10.3 Å². The molecule has 0 aliphatic rings. The van der Waals surface area contributed by atoms with Crippen molar-refractivity contribution in [1.29, 1.82) is 0 Å². The second-order valence-electron chi connectivity index (χ2n) is 8.31. The highest BCUT2D eigenvalue weighted by Crippen LogP contribution is 2.25. The third-order valence-electron chi connectivity index (χ3n) is 5.43. The van der Waals surface area contributed by atoms with E-state index in [1.54, 1.807) is 35.2 Å². The molecule has 0 saturated heterocycles. The van der Waals surface area contributed by atoms with Crippen molar-refractivity contribution >= 4 is 5.52 Å². The van der Waals surface area contributed by atoms with Crippen molar-refractivity contribution in [3.63, 3.8) is 0 Å². The molecule has 0 spiro atoms. The fourth-order valence-corrected chi connectivity index (χ4v) is 3.72. The van der Waals surface area contributed by atoms with Crippen molar-refractivity contribution in [2.75, 3.05) is 0 Å². The maximum atomic E-state index is 13.2. The smallest absolute Gasteiger partial charge is 0.276 e. The van der Waals surface area contributed by atoms with E-state index in [9.17, 15) is 9.18 Å². The standard InChI is InChI=1S/C26H23FN4O3/c1-16(2)33-21-10-6-19(7-11-21)25-28-23(17(3)34-25)15-30-12-13-31-24(26(30)32)14-22(29-31)18-4-8-20(27)9-5-18/h4-14,16H,15H2,1-3H3. The number of hydrogen-bond donors (Lipinski definition) is 0. The first-order valence-electron chi connectivity index (χ1n) is 11.0. The summed E-state index contributed by atoms with van der Waals surface area (Å²) in [7, 11) is 0. The lowest BCUT2D eigenvalue weighted by atomic mass is 10.1. The van der Waals surface area contributed by atoms with Crippen LogP contribution in [0.5, 0.6) is 5.75 Å². The second kappa shape index (κ2) is 8.62. The Bertz CT molecular complexity index is 1510. The quantitative estimate of drug-likeness (QED) is 0.354. The van der Waals surface area contributed by atoms with Gasteiger partial charge in [0.1, 0.15) is 28.5 Å². The largest absolute Gasteiger partial charge is 0.491 e.